The SMILES string of the molecule is OCc1n[nH]c(=S)n1CCC1CCC1. The molecule has 1 heterocycles. The largest absolute Gasteiger partial charge is 0.388 e. The third kappa shape index (κ3) is 1.88. The monoisotopic (exact) mass is 213 g/mol. The Kier molecular flexibility index (Phi) is 2.98. The van der Waals surface area contributed by atoms with Gasteiger partial charge in [0.2, 0.25) is 0 Å². The number of rotatable bonds is 4. The zero-order valence-electron chi connectivity index (χ0n) is 8.07. The Morgan fingerprint density at radius 2 is 2.36 bits per heavy atom. The predicted molar refractivity (Wildman–Crippen MR) is 55.3 cm³/mol. The second-order valence-corrected chi connectivity index (χ2v) is 4.23. The van der Waals surface area contributed by atoms with Crippen LogP contribution in [0.5, 0.6) is 0 Å². The number of nitrogens with zero attached hydrogens (tertiary/aromatic N) is 2. The van der Waals surface area contributed by atoms with Crippen molar-refractivity contribution in [1.82, 2.24) is 14.8 Å². The van der Waals surface area contributed by atoms with E-state index in [1.54, 1.807) is 0 Å². The van der Waals surface area contributed by atoms with E-state index in [0.717, 1.165) is 18.9 Å². The quantitative estimate of drug-likeness (QED) is 0.747. The van der Waals surface area contributed by atoms with Crippen LogP contribution in [0.1, 0.15) is 31.5 Å². The smallest absolute Gasteiger partial charge is 0.195 e. The Bertz CT molecular complexity index is 353. The lowest BCUT2D eigenvalue weighted by Gasteiger charge is -2.25. The van der Waals surface area contributed by atoms with E-state index in [-0.39, 0.29) is 6.61 Å². The van der Waals surface area contributed by atoms with E-state index in [4.69, 9.17) is 17.3 Å². The van der Waals surface area contributed by atoms with E-state index >= 15 is 0 Å². The van der Waals surface area contributed by atoms with Gasteiger partial charge in [0.05, 0.1) is 0 Å². The highest BCUT2D eigenvalue weighted by atomic mass is 32.1. The third-order valence-electron chi connectivity index (χ3n) is 2.96. The first-order valence-electron chi connectivity index (χ1n) is 5.06. The van der Waals surface area contributed by atoms with E-state index in [1.165, 1.54) is 19.3 Å². The summed E-state index contributed by atoms with van der Waals surface area (Å²) < 4.78 is 2.52. The summed E-state index contributed by atoms with van der Waals surface area (Å²) in [6.07, 6.45) is 5.22. The molecule has 2 N–H and O–H groups in total. The number of H-pyrrole nitrogens is 1. The standard InChI is InChI=1S/C9H15N3OS/c13-6-8-10-11-9(14)12(8)5-4-7-2-1-3-7/h7,13H,1-6H2,(H,11,14). The summed E-state index contributed by atoms with van der Waals surface area (Å²) in [5.74, 6) is 1.51. The number of aliphatic hydroxyl groups excluding tert-OH is 1. The van der Waals surface area contributed by atoms with Gasteiger partial charge in [0, 0.05) is 6.54 Å². The van der Waals surface area contributed by atoms with E-state index in [9.17, 15) is 0 Å². The lowest BCUT2D eigenvalue weighted by molar-refractivity contribution is 0.252. The minimum Gasteiger partial charge on any atom is -0.388 e. The Labute approximate surface area is 88.0 Å². The summed E-state index contributed by atoms with van der Waals surface area (Å²) in [7, 11) is 0. The number of hydrogen-bond acceptors (Lipinski definition) is 3. The number of nitrogens with one attached hydrogen (secondary N) is 1. The molecule has 0 aliphatic heterocycles. The van der Waals surface area contributed by atoms with E-state index in [0.29, 0.717) is 10.6 Å². The molecular formula is C9H15N3OS. The van der Waals surface area contributed by atoms with Crippen LogP contribution in [-0.4, -0.2) is 19.9 Å². The molecule has 1 aromatic heterocycles. The molecule has 1 fully saturated rings. The summed E-state index contributed by atoms with van der Waals surface area (Å²) in [4.78, 5) is 0. The molecule has 1 aromatic rings. The molecule has 0 radical (unpaired) electrons. The van der Waals surface area contributed by atoms with Crippen LogP contribution in [0.15, 0.2) is 0 Å². The van der Waals surface area contributed by atoms with Gasteiger partial charge in [0.15, 0.2) is 10.6 Å². The summed E-state index contributed by atoms with van der Waals surface area (Å²) >= 11 is 5.08. The van der Waals surface area contributed by atoms with Crippen LogP contribution in [0, 0.1) is 10.7 Å². The van der Waals surface area contributed by atoms with Crippen molar-refractivity contribution >= 4 is 12.2 Å². The van der Waals surface area contributed by atoms with Crippen LogP contribution in [0.25, 0.3) is 0 Å². The van der Waals surface area contributed by atoms with Crippen LogP contribution >= 0.6 is 12.2 Å². The summed E-state index contributed by atoms with van der Waals surface area (Å²) in [6, 6.07) is 0. The van der Waals surface area contributed by atoms with Crippen LogP contribution in [0.4, 0.5) is 0 Å². The minimum absolute atomic E-state index is 0.0438. The number of aliphatic hydroxyl groups is 1. The zero-order valence-corrected chi connectivity index (χ0v) is 8.89. The van der Waals surface area contributed by atoms with E-state index in [1.807, 2.05) is 4.57 Å². The Morgan fingerprint density at radius 3 is 2.93 bits per heavy atom. The van der Waals surface area contributed by atoms with Crippen molar-refractivity contribution in [2.24, 2.45) is 5.92 Å². The molecule has 0 bridgehead atoms. The minimum atomic E-state index is -0.0438. The van der Waals surface area contributed by atoms with Gasteiger partial charge >= 0.3 is 0 Å². The zero-order chi connectivity index (χ0) is 9.97. The van der Waals surface area contributed by atoms with Crippen molar-refractivity contribution in [1.29, 1.82) is 0 Å². The molecule has 0 unspecified atom stereocenters. The first kappa shape index (κ1) is 9.86. The predicted octanol–water partition coefficient (Wildman–Crippen LogP) is 1.62. The van der Waals surface area contributed by atoms with Crippen molar-refractivity contribution in [2.45, 2.75) is 38.8 Å². The Morgan fingerprint density at radius 1 is 1.57 bits per heavy atom. The Balaban J connectivity index is 1.99. The van der Waals surface area contributed by atoms with Gasteiger partial charge < -0.3 is 9.67 Å². The fourth-order valence-corrected chi connectivity index (χ4v) is 2.04. The van der Waals surface area contributed by atoms with Crippen molar-refractivity contribution in [3.8, 4) is 0 Å². The van der Waals surface area contributed by atoms with Crippen molar-refractivity contribution in [3.05, 3.63) is 10.6 Å². The van der Waals surface area contributed by atoms with E-state index in [2.05, 4.69) is 10.2 Å². The molecule has 0 aromatic carbocycles. The van der Waals surface area contributed by atoms with Gasteiger partial charge in [-0.3, -0.25) is 5.10 Å². The second kappa shape index (κ2) is 4.23. The van der Waals surface area contributed by atoms with Gasteiger partial charge in [-0.25, -0.2) is 0 Å². The molecule has 5 heteroatoms. The van der Waals surface area contributed by atoms with Gasteiger partial charge in [-0.2, -0.15) is 5.10 Å². The second-order valence-electron chi connectivity index (χ2n) is 3.84. The molecule has 0 atom stereocenters. The molecule has 4 nitrogen and oxygen atoms in total. The average Bonchev–Trinajstić information content (AvgIpc) is 2.45. The Hall–Kier alpha value is -0.680. The lowest BCUT2D eigenvalue weighted by Crippen LogP contribution is -2.15. The average molecular weight is 213 g/mol. The molecule has 14 heavy (non-hydrogen) atoms. The summed E-state index contributed by atoms with van der Waals surface area (Å²) in [5.41, 5.74) is 0. The summed E-state index contributed by atoms with van der Waals surface area (Å²) in [5, 5.41) is 15.7. The van der Waals surface area contributed by atoms with Crippen LogP contribution in [0.2, 0.25) is 0 Å². The molecule has 0 spiro atoms. The lowest BCUT2D eigenvalue weighted by atomic mass is 9.83. The maximum atomic E-state index is 9.02. The highest BCUT2D eigenvalue weighted by Gasteiger charge is 2.17. The van der Waals surface area contributed by atoms with Crippen LogP contribution in [0.3, 0.4) is 0 Å². The third-order valence-corrected chi connectivity index (χ3v) is 3.28. The van der Waals surface area contributed by atoms with Crippen molar-refractivity contribution < 1.29 is 5.11 Å². The van der Waals surface area contributed by atoms with Gasteiger partial charge in [0.1, 0.15) is 6.61 Å². The summed E-state index contributed by atoms with van der Waals surface area (Å²) in [6.45, 7) is 0.841. The molecule has 0 amide bonds. The van der Waals surface area contributed by atoms with Gasteiger partial charge in [-0.15, -0.1) is 0 Å². The van der Waals surface area contributed by atoms with Gasteiger partial charge in [-0.1, -0.05) is 19.3 Å². The van der Waals surface area contributed by atoms with Crippen molar-refractivity contribution in [3.63, 3.8) is 0 Å². The maximum Gasteiger partial charge on any atom is 0.195 e. The maximum absolute atomic E-state index is 9.02. The molecule has 1 aliphatic rings. The molecule has 78 valence electrons. The highest BCUT2D eigenvalue weighted by Crippen LogP contribution is 2.29. The first-order chi connectivity index (χ1) is 6.81. The van der Waals surface area contributed by atoms with E-state index < -0.39 is 0 Å². The molecule has 1 aliphatic carbocycles. The number of aromatic amines is 1. The number of hydrogen-bond donors (Lipinski definition) is 2. The fourth-order valence-electron chi connectivity index (χ4n) is 1.79. The highest BCUT2D eigenvalue weighted by molar-refractivity contribution is 7.71. The van der Waals surface area contributed by atoms with Gasteiger partial charge in [-0.05, 0) is 24.6 Å². The van der Waals surface area contributed by atoms with Crippen LogP contribution < -0.4 is 0 Å². The van der Waals surface area contributed by atoms with Gasteiger partial charge in [0.25, 0.3) is 0 Å². The fraction of sp³-hybridized carbons (Fsp3) is 0.778. The molecular weight excluding hydrogens is 198 g/mol. The molecule has 0 saturated heterocycles. The number of aromatic nitrogens is 3. The molecule has 1 saturated carbocycles. The first-order valence-corrected chi connectivity index (χ1v) is 5.47. The molecule has 2 rings (SSSR count). The van der Waals surface area contributed by atoms with Crippen molar-refractivity contribution in [2.75, 3.05) is 0 Å². The van der Waals surface area contributed by atoms with Crippen LogP contribution in [-0.2, 0) is 13.2 Å². The normalized spacial score (nSPS) is 16.9. The topological polar surface area (TPSA) is 53.8 Å².